The lowest BCUT2D eigenvalue weighted by Gasteiger charge is -2.22. The van der Waals surface area contributed by atoms with E-state index >= 15 is 0 Å². The highest BCUT2D eigenvalue weighted by Gasteiger charge is 2.19. The highest BCUT2D eigenvalue weighted by Crippen LogP contribution is 2.25. The standard InChI is InChI=1S/C15H20N2S/c1-3-13(12-7-5-4-6-8-12)14(16)9-15-17-11(2)10-18-15/h4-8,10,13-14H,3,9,16H2,1-2H3. The van der Waals surface area contributed by atoms with Crippen LogP contribution < -0.4 is 5.73 Å². The van der Waals surface area contributed by atoms with Gasteiger partial charge in [0.2, 0.25) is 0 Å². The Morgan fingerprint density at radius 3 is 2.56 bits per heavy atom. The molecule has 0 spiro atoms. The first-order chi connectivity index (χ1) is 8.70. The van der Waals surface area contributed by atoms with E-state index in [2.05, 4.69) is 41.6 Å². The molecule has 2 unspecified atom stereocenters. The molecule has 0 saturated carbocycles. The first-order valence-corrected chi connectivity index (χ1v) is 7.30. The topological polar surface area (TPSA) is 38.9 Å². The summed E-state index contributed by atoms with van der Waals surface area (Å²) in [7, 11) is 0. The van der Waals surface area contributed by atoms with E-state index in [1.54, 1.807) is 11.3 Å². The molecule has 0 aliphatic heterocycles. The monoisotopic (exact) mass is 260 g/mol. The van der Waals surface area contributed by atoms with Gasteiger partial charge < -0.3 is 5.73 Å². The molecule has 0 bridgehead atoms. The zero-order valence-corrected chi connectivity index (χ0v) is 11.8. The van der Waals surface area contributed by atoms with Gasteiger partial charge in [0.15, 0.2) is 0 Å². The molecule has 2 nitrogen and oxygen atoms in total. The summed E-state index contributed by atoms with van der Waals surface area (Å²) in [4.78, 5) is 4.50. The van der Waals surface area contributed by atoms with Crippen LogP contribution in [0.15, 0.2) is 35.7 Å². The predicted molar refractivity (Wildman–Crippen MR) is 78.0 cm³/mol. The average molecular weight is 260 g/mol. The van der Waals surface area contributed by atoms with E-state index in [0.29, 0.717) is 5.92 Å². The normalized spacial score (nSPS) is 14.4. The van der Waals surface area contributed by atoms with Crippen LogP contribution in [0.1, 0.15) is 35.5 Å². The molecule has 2 atom stereocenters. The number of hydrogen-bond acceptors (Lipinski definition) is 3. The summed E-state index contributed by atoms with van der Waals surface area (Å²) in [5.41, 5.74) is 8.80. The van der Waals surface area contributed by atoms with Crippen molar-refractivity contribution in [3.63, 3.8) is 0 Å². The van der Waals surface area contributed by atoms with Gasteiger partial charge in [-0.3, -0.25) is 0 Å². The third-order valence-corrected chi connectivity index (χ3v) is 4.25. The summed E-state index contributed by atoms with van der Waals surface area (Å²) in [6, 6.07) is 10.7. The Balaban J connectivity index is 2.08. The van der Waals surface area contributed by atoms with Crippen LogP contribution in [0.4, 0.5) is 0 Å². The highest BCUT2D eigenvalue weighted by atomic mass is 32.1. The van der Waals surface area contributed by atoms with Crippen molar-refractivity contribution in [2.45, 2.75) is 38.6 Å². The molecular weight excluding hydrogens is 240 g/mol. The Labute approximate surface area is 113 Å². The number of aromatic nitrogens is 1. The van der Waals surface area contributed by atoms with Gasteiger partial charge in [-0.2, -0.15) is 0 Å². The first-order valence-electron chi connectivity index (χ1n) is 6.42. The van der Waals surface area contributed by atoms with Crippen LogP contribution in [0.2, 0.25) is 0 Å². The summed E-state index contributed by atoms with van der Waals surface area (Å²) < 4.78 is 0. The van der Waals surface area contributed by atoms with E-state index in [-0.39, 0.29) is 6.04 Å². The van der Waals surface area contributed by atoms with Crippen LogP contribution in [-0.4, -0.2) is 11.0 Å². The fraction of sp³-hybridized carbons (Fsp3) is 0.400. The minimum absolute atomic E-state index is 0.142. The SMILES string of the molecule is CCC(c1ccccc1)C(N)Cc1nc(C)cs1. The van der Waals surface area contributed by atoms with Crippen LogP contribution in [-0.2, 0) is 6.42 Å². The minimum Gasteiger partial charge on any atom is -0.327 e. The molecular formula is C15H20N2S. The van der Waals surface area contributed by atoms with E-state index in [0.717, 1.165) is 23.5 Å². The van der Waals surface area contributed by atoms with Gasteiger partial charge in [0.05, 0.1) is 5.01 Å². The second-order valence-electron chi connectivity index (χ2n) is 4.68. The van der Waals surface area contributed by atoms with E-state index < -0.39 is 0 Å². The maximum absolute atomic E-state index is 6.37. The molecule has 2 N–H and O–H groups in total. The van der Waals surface area contributed by atoms with Crippen LogP contribution in [0, 0.1) is 6.92 Å². The minimum atomic E-state index is 0.142. The van der Waals surface area contributed by atoms with E-state index in [1.807, 2.05) is 13.0 Å². The van der Waals surface area contributed by atoms with Crippen molar-refractivity contribution in [1.82, 2.24) is 4.98 Å². The van der Waals surface area contributed by atoms with Gasteiger partial charge in [0.25, 0.3) is 0 Å². The van der Waals surface area contributed by atoms with Crippen LogP contribution in [0.3, 0.4) is 0 Å². The maximum atomic E-state index is 6.37. The number of rotatable bonds is 5. The third kappa shape index (κ3) is 3.18. The molecule has 3 heteroatoms. The lowest BCUT2D eigenvalue weighted by molar-refractivity contribution is 0.514. The van der Waals surface area contributed by atoms with Crippen molar-refractivity contribution in [3.05, 3.63) is 52.0 Å². The maximum Gasteiger partial charge on any atom is 0.0943 e. The highest BCUT2D eigenvalue weighted by molar-refractivity contribution is 7.09. The average Bonchev–Trinajstić information content (AvgIpc) is 2.77. The van der Waals surface area contributed by atoms with Crippen molar-refractivity contribution in [1.29, 1.82) is 0 Å². The molecule has 0 fully saturated rings. The van der Waals surface area contributed by atoms with Gasteiger partial charge in [-0.15, -0.1) is 11.3 Å². The summed E-state index contributed by atoms with van der Waals surface area (Å²) in [5, 5.41) is 3.24. The lowest BCUT2D eigenvalue weighted by atomic mass is 9.88. The number of thiazole rings is 1. The number of aryl methyl sites for hydroxylation is 1. The molecule has 1 aromatic carbocycles. The molecule has 1 aromatic heterocycles. The van der Waals surface area contributed by atoms with Crippen molar-refractivity contribution < 1.29 is 0 Å². The smallest absolute Gasteiger partial charge is 0.0943 e. The molecule has 0 aliphatic carbocycles. The van der Waals surface area contributed by atoms with Crippen LogP contribution in [0.25, 0.3) is 0 Å². The molecule has 0 amide bonds. The Bertz CT molecular complexity index is 478. The molecule has 0 radical (unpaired) electrons. The Morgan fingerprint density at radius 1 is 1.28 bits per heavy atom. The van der Waals surface area contributed by atoms with E-state index in [9.17, 15) is 0 Å². The summed E-state index contributed by atoms with van der Waals surface area (Å²) >= 11 is 1.71. The van der Waals surface area contributed by atoms with E-state index in [4.69, 9.17) is 5.73 Å². The Morgan fingerprint density at radius 2 is 2.00 bits per heavy atom. The fourth-order valence-corrected chi connectivity index (χ4v) is 3.17. The molecule has 1 heterocycles. The fourth-order valence-electron chi connectivity index (χ4n) is 2.33. The number of hydrogen-bond donors (Lipinski definition) is 1. The first kappa shape index (κ1) is 13.2. The lowest BCUT2D eigenvalue weighted by Crippen LogP contribution is -2.30. The zero-order valence-electron chi connectivity index (χ0n) is 11.0. The summed E-state index contributed by atoms with van der Waals surface area (Å²) in [5.74, 6) is 0.412. The zero-order chi connectivity index (χ0) is 13.0. The van der Waals surface area contributed by atoms with E-state index in [1.165, 1.54) is 5.56 Å². The second kappa shape index (κ2) is 6.12. The van der Waals surface area contributed by atoms with Gasteiger partial charge in [0.1, 0.15) is 0 Å². The molecule has 0 saturated heterocycles. The number of benzene rings is 1. The van der Waals surface area contributed by atoms with Crippen LogP contribution in [0.5, 0.6) is 0 Å². The van der Waals surface area contributed by atoms with Crippen molar-refractivity contribution in [2.24, 2.45) is 5.73 Å². The van der Waals surface area contributed by atoms with Crippen LogP contribution >= 0.6 is 11.3 Å². The van der Waals surface area contributed by atoms with Gasteiger partial charge in [-0.05, 0) is 24.8 Å². The summed E-state index contributed by atoms with van der Waals surface area (Å²) in [6.07, 6.45) is 1.93. The number of nitrogens with two attached hydrogens (primary N) is 1. The number of nitrogens with zero attached hydrogens (tertiary/aromatic N) is 1. The van der Waals surface area contributed by atoms with Crippen molar-refractivity contribution in [2.75, 3.05) is 0 Å². The Hall–Kier alpha value is -1.19. The largest absolute Gasteiger partial charge is 0.327 e. The van der Waals surface area contributed by atoms with Crippen molar-refractivity contribution in [3.8, 4) is 0 Å². The molecule has 18 heavy (non-hydrogen) atoms. The molecule has 2 rings (SSSR count). The Kier molecular flexibility index (Phi) is 4.50. The molecule has 96 valence electrons. The summed E-state index contributed by atoms with van der Waals surface area (Å²) in [6.45, 7) is 4.23. The molecule has 0 aliphatic rings. The van der Waals surface area contributed by atoms with Gasteiger partial charge >= 0.3 is 0 Å². The second-order valence-corrected chi connectivity index (χ2v) is 5.62. The molecule has 2 aromatic rings. The van der Waals surface area contributed by atoms with Gasteiger partial charge in [-0.25, -0.2) is 4.98 Å². The predicted octanol–water partition coefficient (Wildman–Crippen LogP) is 3.52. The van der Waals surface area contributed by atoms with Gasteiger partial charge in [0, 0.05) is 23.5 Å². The van der Waals surface area contributed by atoms with Crippen molar-refractivity contribution >= 4 is 11.3 Å². The third-order valence-electron chi connectivity index (χ3n) is 3.26. The van der Waals surface area contributed by atoms with Gasteiger partial charge in [-0.1, -0.05) is 37.3 Å². The quantitative estimate of drug-likeness (QED) is 0.893.